The van der Waals surface area contributed by atoms with Crippen LogP contribution < -0.4 is 5.32 Å². The Labute approximate surface area is 114 Å². The topological polar surface area (TPSA) is 29.9 Å². The predicted octanol–water partition coefficient (Wildman–Crippen LogP) is 3.76. The largest absolute Gasteiger partial charge is 0.378 e. The third-order valence-corrected chi connectivity index (χ3v) is 3.50. The van der Waals surface area contributed by atoms with E-state index in [4.69, 9.17) is 11.6 Å². The summed E-state index contributed by atoms with van der Waals surface area (Å²) in [6.45, 7) is 2.73. The van der Waals surface area contributed by atoms with Crippen molar-refractivity contribution in [1.82, 2.24) is 9.55 Å². The maximum atomic E-state index is 5.93. The zero-order valence-electron chi connectivity index (χ0n) is 9.67. The molecule has 1 aromatic heterocycles. The number of benzene rings is 1. The summed E-state index contributed by atoms with van der Waals surface area (Å²) in [5.74, 6) is 0.914. The molecular weight excluding hydrogens is 302 g/mol. The Balaban J connectivity index is 2.10. The molecule has 0 spiro atoms. The molecule has 0 fully saturated rings. The molecular formula is C12H13BrClN3. The maximum Gasteiger partial charge on any atom is 0.128 e. The van der Waals surface area contributed by atoms with Crippen LogP contribution in [0.25, 0.3) is 0 Å². The number of hydrogen-bond donors (Lipinski definition) is 1. The van der Waals surface area contributed by atoms with Gasteiger partial charge in [-0.05, 0) is 30.7 Å². The smallest absolute Gasteiger partial charge is 0.128 e. The average molecular weight is 315 g/mol. The predicted molar refractivity (Wildman–Crippen MR) is 74.4 cm³/mol. The molecule has 17 heavy (non-hydrogen) atoms. The Morgan fingerprint density at radius 2 is 2.24 bits per heavy atom. The summed E-state index contributed by atoms with van der Waals surface area (Å²) in [5, 5.41) is 4.00. The second kappa shape index (κ2) is 5.10. The molecule has 90 valence electrons. The van der Waals surface area contributed by atoms with Gasteiger partial charge in [0.1, 0.15) is 11.0 Å². The van der Waals surface area contributed by atoms with Gasteiger partial charge in [0, 0.05) is 17.2 Å². The molecule has 0 amide bonds. The molecule has 0 radical (unpaired) electrons. The van der Waals surface area contributed by atoms with E-state index >= 15 is 0 Å². The summed E-state index contributed by atoms with van der Waals surface area (Å²) in [7, 11) is 1.90. The average Bonchev–Trinajstić information content (AvgIpc) is 2.59. The fourth-order valence-electron chi connectivity index (χ4n) is 1.59. The molecule has 0 aliphatic rings. The van der Waals surface area contributed by atoms with Crippen LogP contribution in [0.5, 0.6) is 0 Å². The van der Waals surface area contributed by atoms with Crippen LogP contribution in [-0.4, -0.2) is 9.55 Å². The molecule has 5 heteroatoms. The lowest BCUT2D eigenvalue weighted by molar-refractivity contribution is 0.813. The summed E-state index contributed by atoms with van der Waals surface area (Å²) in [6.07, 6.45) is 1.66. The monoisotopic (exact) mass is 313 g/mol. The highest BCUT2D eigenvalue weighted by Gasteiger charge is 2.05. The molecule has 0 saturated heterocycles. The first-order valence-electron chi connectivity index (χ1n) is 5.24. The lowest BCUT2D eigenvalue weighted by Crippen LogP contribution is -2.06. The van der Waals surface area contributed by atoms with E-state index in [9.17, 15) is 0 Å². The van der Waals surface area contributed by atoms with E-state index in [1.165, 1.54) is 5.56 Å². The van der Waals surface area contributed by atoms with Crippen molar-refractivity contribution in [3.8, 4) is 0 Å². The van der Waals surface area contributed by atoms with Gasteiger partial charge in [0.2, 0.25) is 0 Å². The summed E-state index contributed by atoms with van der Waals surface area (Å²) in [5.41, 5.74) is 2.30. The first-order valence-corrected chi connectivity index (χ1v) is 6.41. The van der Waals surface area contributed by atoms with E-state index in [0.717, 1.165) is 16.0 Å². The van der Waals surface area contributed by atoms with Gasteiger partial charge in [-0.25, -0.2) is 4.98 Å². The standard InChI is InChI=1S/C12H13BrClN3/c1-8-5-9(13)3-4-10(8)15-7-12-16-6-11(14)17(12)2/h3-6,15H,7H2,1-2H3. The SMILES string of the molecule is Cc1cc(Br)ccc1NCc1ncc(Cl)n1C. The molecule has 2 rings (SSSR count). The molecule has 0 aliphatic heterocycles. The number of nitrogens with one attached hydrogen (secondary N) is 1. The zero-order chi connectivity index (χ0) is 12.4. The number of halogens is 2. The highest BCUT2D eigenvalue weighted by Crippen LogP contribution is 2.20. The van der Waals surface area contributed by atoms with Gasteiger partial charge in [0.25, 0.3) is 0 Å². The fourth-order valence-corrected chi connectivity index (χ4v) is 2.21. The highest BCUT2D eigenvalue weighted by molar-refractivity contribution is 9.10. The Morgan fingerprint density at radius 1 is 1.47 bits per heavy atom. The quantitative estimate of drug-likeness (QED) is 0.935. The Kier molecular flexibility index (Phi) is 3.74. The molecule has 1 heterocycles. The summed E-state index contributed by atoms with van der Waals surface area (Å²) in [4.78, 5) is 4.24. The van der Waals surface area contributed by atoms with Gasteiger partial charge in [-0.3, -0.25) is 0 Å². The normalized spacial score (nSPS) is 10.6. The number of anilines is 1. The van der Waals surface area contributed by atoms with E-state index in [-0.39, 0.29) is 0 Å². The molecule has 1 aromatic carbocycles. The van der Waals surface area contributed by atoms with Crippen LogP contribution in [0.2, 0.25) is 5.15 Å². The van der Waals surface area contributed by atoms with E-state index in [0.29, 0.717) is 11.7 Å². The van der Waals surface area contributed by atoms with Crippen molar-refractivity contribution in [1.29, 1.82) is 0 Å². The van der Waals surface area contributed by atoms with Crippen molar-refractivity contribution in [3.63, 3.8) is 0 Å². The van der Waals surface area contributed by atoms with Crippen LogP contribution in [0, 0.1) is 6.92 Å². The number of rotatable bonds is 3. The lowest BCUT2D eigenvalue weighted by atomic mass is 10.2. The summed E-state index contributed by atoms with van der Waals surface area (Å²) < 4.78 is 2.95. The minimum absolute atomic E-state index is 0.648. The first-order chi connectivity index (χ1) is 8.08. The van der Waals surface area contributed by atoms with Gasteiger partial charge in [-0.2, -0.15) is 0 Å². The van der Waals surface area contributed by atoms with Gasteiger partial charge < -0.3 is 9.88 Å². The second-order valence-electron chi connectivity index (χ2n) is 3.87. The summed E-state index contributed by atoms with van der Waals surface area (Å²) in [6, 6.07) is 6.14. The Bertz CT molecular complexity index is 537. The van der Waals surface area contributed by atoms with Crippen LogP contribution in [0.4, 0.5) is 5.69 Å². The van der Waals surface area contributed by atoms with Crippen LogP contribution in [-0.2, 0) is 13.6 Å². The minimum atomic E-state index is 0.648. The van der Waals surface area contributed by atoms with E-state index in [1.807, 2.05) is 23.7 Å². The Morgan fingerprint density at radius 3 is 2.82 bits per heavy atom. The maximum absolute atomic E-state index is 5.93. The molecule has 0 saturated carbocycles. The van der Waals surface area contributed by atoms with Crippen LogP contribution in [0.15, 0.2) is 28.9 Å². The third-order valence-electron chi connectivity index (χ3n) is 2.65. The van der Waals surface area contributed by atoms with Gasteiger partial charge in [0.15, 0.2) is 0 Å². The number of hydrogen-bond acceptors (Lipinski definition) is 2. The fraction of sp³-hybridized carbons (Fsp3) is 0.250. The van der Waals surface area contributed by atoms with Crippen molar-refractivity contribution in [2.24, 2.45) is 7.05 Å². The number of aromatic nitrogens is 2. The van der Waals surface area contributed by atoms with Crippen molar-refractivity contribution in [3.05, 3.63) is 45.4 Å². The highest BCUT2D eigenvalue weighted by atomic mass is 79.9. The zero-order valence-corrected chi connectivity index (χ0v) is 12.0. The third kappa shape index (κ3) is 2.82. The molecule has 3 nitrogen and oxygen atoms in total. The van der Waals surface area contributed by atoms with Crippen molar-refractivity contribution in [2.75, 3.05) is 5.32 Å². The molecule has 0 unspecified atom stereocenters. The number of nitrogens with zero attached hydrogens (tertiary/aromatic N) is 2. The van der Waals surface area contributed by atoms with Crippen molar-refractivity contribution in [2.45, 2.75) is 13.5 Å². The van der Waals surface area contributed by atoms with Gasteiger partial charge in [-0.15, -0.1) is 0 Å². The summed E-state index contributed by atoms with van der Waals surface area (Å²) >= 11 is 9.38. The van der Waals surface area contributed by atoms with E-state index in [1.54, 1.807) is 6.20 Å². The molecule has 0 aliphatic carbocycles. The molecule has 0 atom stereocenters. The first kappa shape index (κ1) is 12.5. The molecule has 0 bridgehead atoms. The van der Waals surface area contributed by atoms with Gasteiger partial charge >= 0.3 is 0 Å². The van der Waals surface area contributed by atoms with E-state index < -0.39 is 0 Å². The van der Waals surface area contributed by atoms with E-state index in [2.05, 4.69) is 39.2 Å². The second-order valence-corrected chi connectivity index (χ2v) is 5.17. The lowest BCUT2D eigenvalue weighted by Gasteiger charge is -2.09. The Hall–Kier alpha value is -1.00. The van der Waals surface area contributed by atoms with Gasteiger partial charge in [0.05, 0.1) is 12.7 Å². The van der Waals surface area contributed by atoms with Crippen molar-refractivity contribution < 1.29 is 0 Å². The molecule has 2 aromatic rings. The minimum Gasteiger partial charge on any atom is -0.378 e. The van der Waals surface area contributed by atoms with Crippen LogP contribution in [0.3, 0.4) is 0 Å². The molecule has 1 N–H and O–H groups in total. The van der Waals surface area contributed by atoms with Crippen LogP contribution >= 0.6 is 27.5 Å². The number of imidazole rings is 1. The van der Waals surface area contributed by atoms with Gasteiger partial charge in [-0.1, -0.05) is 27.5 Å². The number of aryl methyl sites for hydroxylation is 1. The van der Waals surface area contributed by atoms with Crippen molar-refractivity contribution >= 4 is 33.2 Å². The van der Waals surface area contributed by atoms with Crippen LogP contribution in [0.1, 0.15) is 11.4 Å².